The molecule has 0 spiro atoms. The van der Waals surface area contributed by atoms with Crippen LogP contribution in [0.4, 0.5) is 0 Å². The van der Waals surface area contributed by atoms with Crippen LogP contribution in [0, 0.1) is 0 Å². The Hall–Kier alpha value is -0.960. The molecular formula is C14H25NO2. The van der Waals surface area contributed by atoms with Gasteiger partial charge in [0.25, 0.3) is 0 Å². The average Bonchev–Trinajstić information content (AvgIpc) is 2.15. The highest BCUT2D eigenvalue weighted by Gasteiger charge is 2.32. The fourth-order valence-electron chi connectivity index (χ4n) is 2.06. The Morgan fingerprint density at radius 3 is 2.35 bits per heavy atom. The van der Waals surface area contributed by atoms with Crippen LogP contribution in [-0.4, -0.2) is 34.3 Å². The fraction of sp³-hybridized carbons (Fsp3) is 0.714. The van der Waals surface area contributed by atoms with E-state index in [0.29, 0.717) is 12.3 Å². The lowest BCUT2D eigenvalue weighted by atomic mass is 9.88. The molecule has 3 nitrogen and oxygen atoms in total. The number of ether oxygens (including phenoxy) is 1. The minimum absolute atomic E-state index is 0.216. The van der Waals surface area contributed by atoms with E-state index in [1.54, 1.807) is 6.08 Å². The van der Waals surface area contributed by atoms with Crippen LogP contribution in [0.5, 0.6) is 0 Å². The quantitative estimate of drug-likeness (QED) is 0.605. The van der Waals surface area contributed by atoms with Crippen LogP contribution in [0.15, 0.2) is 25.1 Å². The maximum Gasteiger partial charge on any atom is 0.182 e. The molecule has 0 saturated carbocycles. The van der Waals surface area contributed by atoms with Crippen molar-refractivity contribution in [1.29, 1.82) is 0 Å². The molecule has 0 aromatic carbocycles. The van der Waals surface area contributed by atoms with Crippen molar-refractivity contribution in [2.75, 3.05) is 13.1 Å². The van der Waals surface area contributed by atoms with Crippen LogP contribution in [-0.2, 0) is 4.74 Å². The average molecular weight is 239 g/mol. The van der Waals surface area contributed by atoms with Crippen molar-refractivity contribution in [3.8, 4) is 0 Å². The van der Waals surface area contributed by atoms with E-state index in [1.807, 2.05) is 20.8 Å². The molecule has 0 atom stereocenters. The van der Waals surface area contributed by atoms with Crippen molar-refractivity contribution in [2.24, 2.45) is 0 Å². The number of piperidine rings is 1. The highest BCUT2D eigenvalue weighted by Crippen LogP contribution is 2.28. The zero-order chi connectivity index (χ0) is 13.1. The zero-order valence-corrected chi connectivity index (χ0v) is 11.3. The van der Waals surface area contributed by atoms with Crippen LogP contribution in [0.25, 0.3) is 0 Å². The summed E-state index contributed by atoms with van der Waals surface area (Å²) in [6.45, 7) is 15.3. The standard InChI is InChI=1S/C14H25NO2/c1-6-7-14(16)8-10-15(11-9-14)12(2)17-13(3,4)5/h6,16H,1-2,7-11H2,3-5H3. The zero-order valence-electron chi connectivity index (χ0n) is 11.3. The Bertz CT molecular complexity index is 283. The molecule has 0 aliphatic carbocycles. The minimum Gasteiger partial charge on any atom is -0.474 e. The molecule has 17 heavy (non-hydrogen) atoms. The molecule has 1 saturated heterocycles. The molecule has 1 fully saturated rings. The molecule has 1 rings (SSSR count). The van der Waals surface area contributed by atoms with Gasteiger partial charge in [-0.25, -0.2) is 0 Å². The van der Waals surface area contributed by atoms with E-state index in [0.717, 1.165) is 25.9 Å². The number of nitrogens with zero attached hydrogens (tertiary/aromatic N) is 1. The van der Waals surface area contributed by atoms with Gasteiger partial charge in [-0.3, -0.25) is 0 Å². The van der Waals surface area contributed by atoms with Crippen molar-refractivity contribution in [3.63, 3.8) is 0 Å². The second-order valence-electron chi connectivity index (χ2n) is 5.81. The lowest BCUT2D eigenvalue weighted by Crippen LogP contribution is -2.44. The third-order valence-corrected chi connectivity index (χ3v) is 3.00. The van der Waals surface area contributed by atoms with Crippen molar-refractivity contribution in [3.05, 3.63) is 25.1 Å². The van der Waals surface area contributed by atoms with Crippen molar-refractivity contribution in [2.45, 2.75) is 51.2 Å². The lowest BCUT2D eigenvalue weighted by Gasteiger charge is -2.40. The summed E-state index contributed by atoms with van der Waals surface area (Å²) in [5, 5.41) is 10.2. The first kappa shape index (κ1) is 14.1. The van der Waals surface area contributed by atoms with E-state index in [4.69, 9.17) is 4.74 Å². The van der Waals surface area contributed by atoms with Gasteiger partial charge in [0.05, 0.1) is 5.60 Å². The van der Waals surface area contributed by atoms with E-state index < -0.39 is 5.60 Å². The summed E-state index contributed by atoms with van der Waals surface area (Å²) in [6, 6.07) is 0. The van der Waals surface area contributed by atoms with E-state index in [2.05, 4.69) is 18.1 Å². The molecule has 1 N–H and O–H groups in total. The molecule has 0 unspecified atom stereocenters. The lowest BCUT2D eigenvalue weighted by molar-refractivity contribution is -0.0474. The number of hydrogen-bond donors (Lipinski definition) is 1. The third kappa shape index (κ3) is 4.43. The van der Waals surface area contributed by atoms with E-state index in [9.17, 15) is 5.11 Å². The summed E-state index contributed by atoms with van der Waals surface area (Å²) in [5.74, 6) is 0.707. The molecule has 98 valence electrons. The van der Waals surface area contributed by atoms with Crippen LogP contribution in [0.1, 0.15) is 40.0 Å². The molecule has 1 heterocycles. The fourth-order valence-corrected chi connectivity index (χ4v) is 2.06. The Balaban J connectivity index is 2.46. The van der Waals surface area contributed by atoms with E-state index in [-0.39, 0.29) is 5.60 Å². The van der Waals surface area contributed by atoms with Gasteiger partial charge in [-0.15, -0.1) is 6.58 Å². The number of rotatable bonds is 4. The summed E-state index contributed by atoms with van der Waals surface area (Å²) < 4.78 is 5.73. The highest BCUT2D eigenvalue weighted by molar-refractivity contribution is 4.96. The smallest absolute Gasteiger partial charge is 0.182 e. The van der Waals surface area contributed by atoms with Gasteiger partial charge in [-0.2, -0.15) is 0 Å². The molecule has 1 aliphatic heterocycles. The van der Waals surface area contributed by atoms with Crippen molar-refractivity contribution < 1.29 is 9.84 Å². The van der Waals surface area contributed by atoms with Crippen molar-refractivity contribution in [1.82, 2.24) is 4.90 Å². The van der Waals surface area contributed by atoms with Crippen LogP contribution >= 0.6 is 0 Å². The Morgan fingerprint density at radius 2 is 1.94 bits per heavy atom. The first-order valence-electron chi connectivity index (χ1n) is 6.22. The van der Waals surface area contributed by atoms with Gasteiger partial charge >= 0.3 is 0 Å². The van der Waals surface area contributed by atoms with Gasteiger partial charge in [0.1, 0.15) is 5.60 Å². The number of hydrogen-bond acceptors (Lipinski definition) is 3. The van der Waals surface area contributed by atoms with Crippen molar-refractivity contribution >= 4 is 0 Å². The Morgan fingerprint density at radius 1 is 1.41 bits per heavy atom. The summed E-state index contributed by atoms with van der Waals surface area (Å²) >= 11 is 0. The number of likely N-dealkylation sites (tertiary alicyclic amines) is 1. The monoisotopic (exact) mass is 239 g/mol. The van der Waals surface area contributed by atoms with Crippen LogP contribution < -0.4 is 0 Å². The van der Waals surface area contributed by atoms with Gasteiger partial charge in [0.15, 0.2) is 5.88 Å². The molecule has 0 aromatic heterocycles. The first-order valence-corrected chi connectivity index (χ1v) is 6.22. The van der Waals surface area contributed by atoms with Gasteiger partial charge < -0.3 is 14.7 Å². The molecular weight excluding hydrogens is 214 g/mol. The summed E-state index contributed by atoms with van der Waals surface area (Å²) in [4.78, 5) is 2.10. The third-order valence-electron chi connectivity index (χ3n) is 3.00. The maximum absolute atomic E-state index is 10.2. The summed E-state index contributed by atoms with van der Waals surface area (Å²) in [7, 11) is 0. The normalized spacial score (nSPS) is 19.9. The largest absolute Gasteiger partial charge is 0.474 e. The van der Waals surface area contributed by atoms with Gasteiger partial charge in [-0.05, 0) is 46.6 Å². The maximum atomic E-state index is 10.2. The molecule has 1 aliphatic rings. The van der Waals surface area contributed by atoms with E-state index >= 15 is 0 Å². The SMILES string of the molecule is C=CCC1(O)CCN(C(=C)OC(C)(C)C)CC1. The van der Waals surface area contributed by atoms with E-state index in [1.165, 1.54) is 0 Å². The first-order chi connectivity index (χ1) is 7.76. The molecule has 0 amide bonds. The van der Waals surface area contributed by atoms with Crippen LogP contribution in [0.3, 0.4) is 0 Å². The predicted molar refractivity (Wildman–Crippen MR) is 70.5 cm³/mol. The second kappa shape index (κ2) is 5.13. The summed E-state index contributed by atoms with van der Waals surface area (Å²) in [5.41, 5.74) is -0.799. The second-order valence-corrected chi connectivity index (χ2v) is 5.81. The molecule has 0 bridgehead atoms. The van der Waals surface area contributed by atoms with Gasteiger partial charge in [-0.1, -0.05) is 6.08 Å². The highest BCUT2D eigenvalue weighted by atomic mass is 16.5. The topological polar surface area (TPSA) is 32.7 Å². The van der Waals surface area contributed by atoms with Gasteiger partial charge in [0, 0.05) is 13.1 Å². The number of aliphatic hydroxyl groups is 1. The summed E-state index contributed by atoms with van der Waals surface area (Å²) in [6.07, 6.45) is 3.93. The predicted octanol–water partition coefficient (Wildman–Crippen LogP) is 2.68. The molecule has 3 heteroatoms. The Labute approximate surface area is 105 Å². The molecule has 0 aromatic rings. The minimum atomic E-state index is -0.583. The molecule has 0 radical (unpaired) electrons. The Kier molecular flexibility index (Phi) is 4.26. The van der Waals surface area contributed by atoms with Crippen LogP contribution in [0.2, 0.25) is 0 Å². The van der Waals surface area contributed by atoms with Gasteiger partial charge in [0.2, 0.25) is 0 Å².